The molecular formula is C25H25F2N5O2. The van der Waals surface area contributed by atoms with Gasteiger partial charge in [0.2, 0.25) is 0 Å². The van der Waals surface area contributed by atoms with Gasteiger partial charge in [0, 0.05) is 55.1 Å². The van der Waals surface area contributed by atoms with Crippen LogP contribution < -0.4 is 0 Å². The van der Waals surface area contributed by atoms with E-state index in [0.29, 0.717) is 61.2 Å². The number of carbonyl (C=O) groups is 1. The van der Waals surface area contributed by atoms with Crippen molar-refractivity contribution in [2.75, 3.05) is 20.2 Å². The molecular weight excluding hydrogens is 440 g/mol. The fourth-order valence-electron chi connectivity index (χ4n) is 4.89. The maximum atomic E-state index is 14.8. The molecule has 6 rings (SSSR count). The second kappa shape index (κ2) is 8.23. The Labute approximate surface area is 195 Å². The lowest BCUT2D eigenvalue weighted by molar-refractivity contribution is 0.00387. The molecule has 3 aromatic rings. The molecule has 0 spiro atoms. The van der Waals surface area contributed by atoms with Crippen molar-refractivity contribution in [1.29, 1.82) is 0 Å². The number of benzene rings is 1. The number of nitrogens with zero attached hydrogens (tertiary/aromatic N) is 5. The zero-order valence-electron chi connectivity index (χ0n) is 18.9. The van der Waals surface area contributed by atoms with Gasteiger partial charge in [0.05, 0.1) is 24.0 Å². The van der Waals surface area contributed by atoms with Crippen LogP contribution in [0.2, 0.25) is 0 Å². The summed E-state index contributed by atoms with van der Waals surface area (Å²) in [4.78, 5) is 24.1. The van der Waals surface area contributed by atoms with Gasteiger partial charge in [-0.05, 0) is 44.2 Å². The Balaban J connectivity index is 1.38. The fraction of sp³-hybridized carbons (Fsp3) is 0.440. The molecule has 1 aliphatic carbocycles. The lowest BCUT2D eigenvalue weighted by Crippen LogP contribution is -2.36. The molecule has 0 N–H and O–H groups in total. The zero-order chi connectivity index (χ0) is 23.4. The normalized spacial score (nSPS) is 22.7. The Morgan fingerprint density at radius 3 is 2.74 bits per heavy atom. The van der Waals surface area contributed by atoms with E-state index in [-0.39, 0.29) is 23.5 Å². The van der Waals surface area contributed by atoms with Gasteiger partial charge in [-0.2, -0.15) is 5.10 Å². The second-order valence-corrected chi connectivity index (χ2v) is 9.42. The molecule has 2 atom stereocenters. The Morgan fingerprint density at radius 2 is 1.94 bits per heavy atom. The predicted octanol–water partition coefficient (Wildman–Crippen LogP) is 4.22. The topological polar surface area (TPSA) is 73.1 Å². The van der Waals surface area contributed by atoms with Crippen molar-refractivity contribution >= 4 is 5.91 Å². The molecule has 34 heavy (non-hydrogen) atoms. The molecule has 2 aromatic heterocycles. The molecule has 7 nitrogen and oxygen atoms in total. The molecule has 2 aliphatic heterocycles. The number of amides is 1. The quantitative estimate of drug-likeness (QED) is 0.577. The van der Waals surface area contributed by atoms with Crippen molar-refractivity contribution in [2.24, 2.45) is 0 Å². The number of rotatable bonds is 4. The first kappa shape index (κ1) is 21.3. The minimum atomic E-state index is -0.699. The molecule has 4 heterocycles. The van der Waals surface area contributed by atoms with Crippen molar-refractivity contribution in [3.63, 3.8) is 0 Å². The van der Waals surface area contributed by atoms with E-state index in [2.05, 4.69) is 11.3 Å². The summed E-state index contributed by atoms with van der Waals surface area (Å²) in [5.41, 5.74) is 2.51. The van der Waals surface area contributed by atoms with E-state index in [0.717, 1.165) is 24.5 Å². The fourth-order valence-corrected chi connectivity index (χ4v) is 4.89. The molecule has 176 valence electrons. The summed E-state index contributed by atoms with van der Waals surface area (Å²) in [5, 5.41) is 4.48. The van der Waals surface area contributed by atoms with Crippen LogP contribution in [0.25, 0.3) is 11.3 Å². The van der Waals surface area contributed by atoms with E-state index in [4.69, 9.17) is 14.7 Å². The number of carbonyl (C=O) groups excluding carboxylic acids is 1. The molecule has 9 heteroatoms. The summed E-state index contributed by atoms with van der Waals surface area (Å²) in [6.45, 7) is 1.02. The van der Waals surface area contributed by atoms with Crippen LogP contribution in [0.5, 0.6) is 0 Å². The third-order valence-corrected chi connectivity index (χ3v) is 7.02. The molecule has 0 radical (unpaired) electrons. The van der Waals surface area contributed by atoms with Crippen LogP contribution in [0.4, 0.5) is 8.78 Å². The van der Waals surface area contributed by atoms with Crippen LogP contribution in [0.15, 0.2) is 30.6 Å². The van der Waals surface area contributed by atoms with Crippen LogP contribution in [-0.2, 0) is 11.2 Å². The molecule has 0 bridgehead atoms. The minimum absolute atomic E-state index is 0.0596. The molecule has 1 unspecified atom stereocenters. The van der Waals surface area contributed by atoms with Gasteiger partial charge in [-0.1, -0.05) is 0 Å². The third kappa shape index (κ3) is 3.77. The lowest BCUT2D eigenvalue weighted by atomic mass is 9.91. The molecule has 1 saturated carbocycles. The van der Waals surface area contributed by atoms with Gasteiger partial charge in [-0.15, -0.1) is 0 Å². The van der Waals surface area contributed by atoms with E-state index in [1.807, 2.05) is 10.9 Å². The van der Waals surface area contributed by atoms with E-state index in [1.54, 1.807) is 11.9 Å². The summed E-state index contributed by atoms with van der Waals surface area (Å²) in [6, 6.07) is 3.94. The Kier molecular flexibility index (Phi) is 5.17. The van der Waals surface area contributed by atoms with Gasteiger partial charge in [0.1, 0.15) is 23.2 Å². The average Bonchev–Trinajstić information content (AvgIpc) is 3.57. The van der Waals surface area contributed by atoms with Crippen molar-refractivity contribution in [3.8, 4) is 11.3 Å². The van der Waals surface area contributed by atoms with Crippen LogP contribution in [0, 0.1) is 11.6 Å². The predicted molar refractivity (Wildman–Crippen MR) is 119 cm³/mol. The maximum Gasteiger partial charge on any atom is 0.272 e. The lowest BCUT2D eigenvalue weighted by Gasteiger charge is -2.30. The van der Waals surface area contributed by atoms with Crippen LogP contribution >= 0.6 is 0 Å². The Morgan fingerprint density at radius 1 is 1.12 bits per heavy atom. The summed E-state index contributed by atoms with van der Waals surface area (Å²) in [6.07, 6.45) is 7.93. The minimum Gasteiger partial charge on any atom is -0.373 e. The van der Waals surface area contributed by atoms with Gasteiger partial charge >= 0.3 is 0 Å². The van der Waals surface area contributed by atoms with E-state index >= 15 is 0 Å². The van der Waals surface area contributed by atoms with Crippen molar-refractivity contribution < 1.29 is 18.3 Å². The molecule has 1 saturated heterocycles. The van der Waals surface area contributed by atoms with Crippen LogP contribution in [0.1, 0.15) is 71.2 Å². The molecule has 1 amide bonds. The van der Waals surface area contributed by atoms with Gasteiger partial charge in [0.15, 0.2) is 0 Å². The zero-order valence-corrected chi connectivity index (χ0v) is 18.9. The first-order valence-electron chi connectivity index (χ1n) is 11.8. The standard InChI is InChI=1S/C25H25F2N5O2/c1-31-8-6-19-22(18-5-2-16(26)11-20(18)27)29-24(30-23(19)25(31)33)14-7-9-34-21(10-14)15-12-28-32(13-15)17-3-4-17/h2,5,11-14,17,21H,3-4,6-10H2,1H3/t14?,21-/m1/s1. The molecule has 2 fully saturated rings. The van der Waals surface area contributed by atoms with E-state index in [9.17, 15) is 13.6 Å². The highest BCUT2D eigenvalue weighted by atomic mass is 19.1. The van der Waals surface area contributed by atoms with Crippen LogP contribution in [-0.4, -0.2) is 50.8 Å². The molecule has 1 aromatic carbocycles. The third-order valence-electron chi connectivity index (χ3n) is 7.02. The molecule has 3 aliphatic rings. The first-order chi connectivity index (χ1) is 16.5. The van der Waals surface area contributed by atoms with Crippen molar-refractivity contribution in [1.82, 2.24) is 24.6 Å². The number of aromatic nitrogens is 4. The van der Waals surface area contributed by atoms with Crippen LogP contribution in [0.3, 0.4) is 0 Å². The number of hydrogen-bond donors (Lipinski definition) is 0. The number of fused-ring (bicyclic) bond motifs is 1. The summed E-state index contributed by atoms with van der Waals surface area (Å²) in [5.74, 6) is -1.11. The highest BCUT2D eigenvalue weighted by Crippen LogP contribution is 2.40. The summed E-state index contributed by atoms with van der Waals surface area (Å²) in [7, 11) is 1.73. The summed E-state index contributed by atoms with van der Waals surface area (Å²) < 4.78 is 36.4. The van der Waals surface area contributed by atoms with Gasteiger partial charge in [-0.3, -0.25) is 9.48 Å². The first-order valence-corrected chi connectivity index (χ1v) is 11.8. The number of likely N-dealkylation sites (N-methyl/N-ethyl adjacent to an activating group) is 1. The van der Waals surface area contributed by atoms with Gasteiger partial charge < -0.3 is 9.64 Å². The van der Waals surface area contributed by atoms with Gasteiger partial charge in [0.25, 0.3) is 5.91 Å². The summed E-state index contributed by atoms with van der Waals surface area (Å²) >= 11 is 0. The second-order valence-electron chi connectivity index (χ2n) is 9.42. The van der Waals surface area contributed by atoms with E-state index in [1.165, 1.54) is 12.1 Å². The maximum absolute atomic E-state index is 14.8. The monoisotopic (exact) mass is 465 g/mol. The number of ether oxygens (including phenoxy) is 1. The SMILES string of the molecule is CN1CCc2c(nc(C3CCO[C@@H](c4cnn(C5CC5)c4)C3)nc2-c2ccc(F)cc2F)C1=O. The van der Waals surface area contributed by atoms with Crippen molar-refractivity contribution in [3.05, 3.63) is 64.9 Å². The Hall–Kier alpha value is -3.20. The van der Waals surface area contributed by atoms with Crippen molar-refractivity contribution in [2.45, 2.75) is 50.2 Å². The highest BCUT2D eigenvalue weighted by molar-refractivity contribution is 5.96. The largest absolute Gasteiger partial charge is 0.373 e. The van der Waals surface area contributed by atoms with E-state index < -0.39 is 11.6 Å². The highest BCUT2D eigenvalue weighted by Gasteiger charge is 2.34. The average molecular weight is 466 g/mol. The number of halogens is 2. The smallest absolute Gasteiger partial charge is 0.272 e. The Bertz CT molecular complexity index is 1270. The van der Waals surface area contributed by atoms with Gasteiger partial charge in [-0.25, -0.2) is 18.7 Å². The number of hydrogen-bond acceptors (Lipinski definition) is 5.